The summed E-state index contributed by atoms with van der Waals surface area (Å²) in [6.45, 7) is 1.01. The van der Waals surface area contributed by atoms with Gasteiger partial charge < -0.3 is 20.1 Å². The molecule has 0 spiro atoms. The van der Waals surface area contributed by atoms with Crippen molar-refractivity contribution in [3.63, 3.8) is 0 Å². The second kappa shape index (κ2) is 2.75. The molecule has 4 atom stereocenters. The van der Waals surface area contributed by atoms with Crippen LogP contribution in [0.2, 0.25) is 0 Å². The Balaban J connectivity index is 2.73. The van der Waals surface area contributed by atoms with Crippen molar-refractivity contribution in [3.05, 3.63) is 0 Å². The predicted molar refractivity (Wildman–Crippen MR) is 37.8 cm³/mol. The van der Waals surface area contributed by atoms with Gasteiger partial charge in [0.2, 0.25) is 0 Å². The van der Waals surface area contributed by atoms with Crippen molar-refractivity contribution in [1.29, 1.82) is 0 Å². The smallest absolute Gasteiger partial charge is 0.193 e. The van der Waals surface area contributed by atoms with Crippen LogP contribution in [0, 0.1) is 5.92 Å². The summed E-state index contributed by atoms with van der Waals surface area (Å²) < 4.78 is 4.76. The summed E-state index contributed by atoms with van der Waals surface area (Å²) in [7, 11) is 5.28. The standard InChI is InChI=1S/C6H11BO4/c1-3-4(9)5(7)11-6(3,10)2-8/h3-5,8-10H,2H2,1H3/t3-,4+,5+,6+/m0/s1. The third-order valence-electron chi connectivity index (χ3n) is 2.13. The van der Waals surface area contributed by atoms with E-state index in [1.807, 2.05) is 0 Å². The number of aliphatic hydroxyl groups excluding tert-OH is 2. The molecule has 3 N–H and O–H groups in total. The van der Waals surface area contributed by atoms with E-state index in [4.69, 9.17) is 17.7 Å². The van der Waals surface area contributed by atoms with E-state index in [-0.39, 0.29) is 0 Å². The van der Waals surface area contributed by atoms with Crippen molar-refractivity contribution in [1.82, 2.24) is 0 Å². The summed E-state index contributed by atoms with van der Waals surface area (Å²) >= 11 is 0. The fourth-order valence-corrected chi connectivity index (χ4v) is 1.15. The van der Waals surface area contributed by atoms with Gasteiger partial charge in [-0.05, 0) is 0 Å². The van der Waals surface area contributed by atoms with Crippen LogP contribution in [0.1, 0.15) is 6.92 Å². The summed E-state index contributed by atoms with van der Waals surface area (Å²) in [5.74, 6) is -2.25. The normalized spacial score (nSPS) is 51.5. The first-order valence-electron chi connectivity index (χ1n) is 3.46. The van der Waals surface area contributed by atoms with Crippen LogP contribution in [-0.2, 0) is 4.74 Å². The monoisotopic (exact) mass is 158 g/mol. The lowest BCUT2D eigenvalue weighted by molar-refractivity contribution is -0.219. The van der Waals surface area contributed by atoms with E-state index in [2.05, 4.69) is 0 Å². The van der Waals surface area contributed by atoms with Crippen LogP contribution in [0.15, 0.2) is 0 Å². The molecule has 0 bridgehead atoms. The van der Waals surface area contributed by atoms with Gasteiger partial charge in [0.25, 0.3) is 0 Å². The number of ether oxygens (including phenoxy) is 1. The quantitative estimate of drug-likeness (QED) is 0.393. The van der Waals surface area contributed by atoms with Gasteiger partial charge in [-0.3, -0.25) is 0 Å². The average molecular weight is 158 g/mol. The highest BCUT2D eigenvalue weighted by molar-refractivity contribution is 6.11. The number of hydrogen-bond donors (Lipinski definition) is 3. The first kappa shape index (κ1) is 9.00. The maximum atomic E-state index is 9.40. The van der Waals surface area contributed by atoms with Crippen LogP contribution in [0.25, 0.3) is 0 Å². The van der Waals surface area contributed by atoms with E-state index in [1.54, 1.807) is 6.92 Å². The molecule has 0 amide bonds. The molecular formula is C6H11BO4. The molecular weight excluding hydrogens is 147 g/mol. The molecule has 1 rings (SSSR count). The lowest BCUT2D eigenvalue weighted by atomic mass is 9.88. The minimum atomic E-state index is -1.68. The molecule has 0 unspecified atom stereocenters. The predicted octanol–water partition coefficient (Wildman–Crippen LogP) is -1.81. The minimum absolute atomic E-state index is 0.557. The maximum Gasteiger partial charge on any atom is 0.193 e. The van der Waals surface area contributed by atoms with Gasteiger partial charge in [0.15, 0.2) is 5.79 Å². The molecule has 62 valence electrons. The number of hydrogen-bond acceptors (Lipinski definition) is 4. The zero-order valence-corrected chi connectivity index (χ0v) is 6.27. The molecule has 4 nitrogen and oxygen atoms in total. The molecule has 1 aliphatic rings. The summed E-state index contributed by atoms with van der Waals surface area (Å²) in [6.07, 6.45) is -0.924. The van der Waals surface area contributed by atoms with E-state index < -0.39 is 30.4 Å². The third-order valence-corrected chi connectivity index (χ3v) is 2.13. The van der Waals surface area contributed by atoms with Crippen molar-refractivity contribution in [2.24, 2.45) is 5.92 Å². The highest BCUT2D eigenvalue weighted by atomic mass is 16.7. The molecule has 5 heteroatoms. The Bertz CT molecular complexity index is 154. The Labute approximate surface area is 66.2 Å². The fraction of sp³-hybridized carbons (Fsp3) is 1.00. The van der Waals surface area contributed by atoms with Crippen LogP contribution in [0.5, 0.6) is 0 Å². The van der Waals surface area contributed by atoms with Crippen LogP contribution in [-0.4, -0.2) is 47.7 Å². The Morgan fingerprint density at radius 3 is 2.36 bits per heavy atom. The molecule has 0 aromatic heterocycles. The Morgan fingerprint density at radius 1 is 1.64 bits per heavy atom. The van der Waals surface area contributed by atoms with E-state index in [0.29, 0.717) is 0 Å². The highest BCUT2D eigenvalue weighted by Gasteiger charge is 2.48. The van der Waals surface area contributed by atoms with Gasteiger partial charge in [0.05, 0.1) is 12.7 Å². The van der Waals surface area contributed by atoms with Crippen molar-refractivity contribution in [3.8, 4) is 0 Å². The van der Waals surface area contributed by atoms with Crippen LogP contribution < -0.4 is 0 Å². The van der Waals surface area contributed by atoms with E-state index in [0.717, 1.165) is 0 Å². The maximum absolute atomic E-state index is 9.40. The van der Waals surface area contributed by atoms with Crippen LogP contribution >= 0.6 is 0 Å². The zero-order valence-electron chi connectivity index (χ0n) is 6.27. The summed E-state index contributed by atoms with van der Waals surface area (Å²) in [5, 5.41) is 27.3. The molecule has 0 aromatic carbocycles. The third kappa shape index (κ3) is 1.29. The topological polar surface area (TPSA) is 69.9 Å². The van der Waals surface area contributed by atoms with Crippen molar-refractivity contribution < 1.29 is 20.1 Å². The van der Waals surface area contributed by atoms with Gasteiger partial charge >= 0.3 is 0 Å². The summed E-state index contributed by atoms with van der Waals surface area (Å²) in [6, 6.07) is -0.915. The molecule has 1 saturated heterocycles. The Kier molecular flexibility index (Phi) is 2.25. The molecule has 0 saturated carbocycles. The SMILES string of the molecule is [B][C@@H]1O[C@](O)(CO)[C@@H](C)[C@H]1O. The van der Waals surface area contributed by atoms with Gasteiger partial charge in [-0.25, -0.2) is 0 Å². The molecule has 1 fully saturated rings. The lowest BCUT2D eigenvalue weighted by Gasteiger charge is -2.24. The van der Waals surface area contributed by atoms with Gasteiger partial charge in [-0.2, -0.15) is 0 Å². The number of aliphatic hydroxyl groups is 3. The van der Waals surface area contributed by atoms with Gasteiger partial charge in [-0.1, -0.05) is 6.92 Å². The van der Waals surface area contributed by atoms with Gasteiger partial charge in [-0.15, -0.1) is 0 Å². The second-order valence-electron chi connectivity index (χ2n) is 2.86. The Morgan fingerprint density at radius 2 is 2.18 bits per heavy atom. The van der Waals surface area contributed by atoms with E-state index >= 15 is 0 Å². The second-order valence-corrected chi connectivity index (χ2v) is 2.86. The van der Waals surface area contributed by atoms with E-state index in [9.17, 15) is 10.2 Å². The molecule has 0 aliphatic carbocycles. The molecule has 0 aromatic rings. The van der Waals surface area contributed by atoms with Crippen molar-refractivity contribution in [2.75, 3.05) is 6.61 Å². The average Bonchev–Trinajstić information content (AvgIpc) is 2.17. The largest absolute Gasteiger partial charge is 0.391 e. The van der Waals surface area contributed by atoms with Crippen LogP contribution in [0.3, 0.4) is 0 Å². The molecule has 2 radical (unpaired) electrons. The van der Waals surface area contributed by atoms with Crippen LogP contribution in [0.4, 0.5) is 0 Å². The Hall–Kier alpha value is -0.0951. The molecule has 1 aliphatic heterocycles. The summed E-state index contributed by atoms with van der Waals surface area (Å²) in [4.78, 5) is 0. The van der Waals surface area contributed by atoms with Gasteiger partial charge in [0, 0.05) is 11.9 Å². The summed E-state index contributed by atoms with van der Waals surface area (Å²) in [5.41, 5.74) is 0. The first-order valence-corrected chi connectivity index (χ1v) is 3.46. The van der Waals surface area contributed by atoms with Crippen molar-refractivity contribution in [2.45, 2.75) is 24.8 Å². The first-order chi connectivity index (χ1) is 5.01. The van der Waals surface area contributed by atoms with E-state index in [1.165, 1.54) is 0 Å². The lowest BCUT2D eigenvalue weighted by Crippen LogP contribution is -2.39. The fourth-order valence-electron chi connectivity index (χ4n) is 1.15. The molecule has 1 heterocycles. The van der Waals surface area contributed by atoms with Gasteiger partial charge in [0.1, 0.15) is 7.85 Å². The zero-order chi connectivity index (χ0) is 8.65. The van der Waals surface area contributed by atoms with Crippen molar-refractivity contribution >= 4 is 7.85 Å². The minimum Gasteiger partial charge on any atom is -0.391 e. The molecule has 11 heavy (non-hydrogen) atoms. The highest BCUT2D eigenvalue weighted by Crippen LogP contribution is 2.32. The number of rotatable bonds is 1.